The second kappa shape index (κ2) is 7.83. The van der Waals surface area contributed by atoms with Gasteiger partial charge in [-0.05, 0) is 55.7 Å². The molecule has 6 nitrogen and oxygen atoms in total. The molecule has 146 valence electrons. The van der Waals surface area contributed by atoms with Crippen molar-refractivity contribution in [2.45, 2.75) is 31.8 Å². The van der Waals surface area contributed by atoms with Crippen LogP contribution in [0, 0.1) is 0 Å². The molecule has 1 fully saturated rings. The Morgan fingerprint density at radius 3 is 2.96 bits per heavy atom. The van der Waals surface area contributed by atoms with Crippen LogP contribution in [0.5, 0.6) is 5.75 Å². The number of benzene rings is 2. The molecule has 2 aromatic rings. The molecule has 0 saturated carbocycles. The fraction of sp³-hybridized carbons (Fsp3) is 0.333. The first-order chi connectivity index (χ1) is 13.6. The number of carbonyl (C=O) groups is 2. The van der Waals surface area contributed by atoms with Crippen molar-refractivity contribution in [3.8, 4) is 5.75 Å². The normalized spacial score (nSPS) is 18.0. The number of ether oxygens (including phenoxy) is 1. The lowest BCUT2D eigenvalue weighted by Crippen LogP contribution is -2.50. The Balaban J connectivity index is 1.51. The molecule has 2 amide bonds. The maximum atomic E-state index is 12.7. The van der Waals surface area contributed by atoms with Crippen LogP contribution >= 0.6 is 15.9 Å². The van der Waals surface area contributed by atoms with Crippen LogP contribution in [0.3, 0.4) is 0 Å². The van der Waals surface area contributed by atoms with Crippen molar-refractivity contribution in [2.75, 3.05) is 23.9 Å². The number of piperidine rings is 1. The summed E-state index contributed by atoms with van der Waals surface area (Å²) in [5.74, 6) is 0.542. The van der Waals surface area contributed by atoms with Crippen LogP contribution in [-0.4, -0.2) is 31.5 Å². The number of nitrogens with one attached hydrogen (secondary N) is 2. The number of hydrogen-bond donors (Lipinski definition) is 2. The van der Waals surface area contributed by atoms with E-state index in [2.05, 4.69) is 31.5 Å². The van der Waals surface area contributed by atoms with E-state index in [4.69, 9.17) is 4.74 Å². The summed E-state index contributed by atoms with van der Waals surface area (Å²) in [6, 6.07) is 11.1. The standard InChI is InChI=1S/C21H22BrN3O3/c1-28-19-8-6-15(22)10-14(19)12-23-20(26)13-5-7-17-16(11-13)24-21(27)18-4-2-3-9-25(17)18/h5-8,10-11,18H,2-4,9,12H2,1H3,(H,23,26)(H,24,27). The molecular formula is C21H22BrN3O3. The maximum Gasteiger partial charge on any atom is 0.251 e. The van der Waals surface area contributed by atoms with Crippen LogP contribution in [0.25, 0.3) is 0 Å². The van der Waals surface area contributed by atoms with Gasteiger partial charge in [0.05, 0.1) is 18.5 Å². The number of fused-ring (bicyclic) bond motifs is 3. The number of anilines is 2. The largest absolute Gasteiger partial charge is 0.496 e. The predicted octanol–water partition coefficient (Wildman–Crippen LogP) is 3.70. The quantitative estimate of drug-likeness (QED) is 0.755. The van der Waals surface area contributed by atoms with E-state index in [1.807, 2.05) is 30.3 Å². The van der Waals surface area contributed by atoms with Gasteiger partial charge in [0, 0.05) is 28.7 Å². The van der Waals surface area contributed by atoms with E-state index in [1.165, 1.54) is 0 Å². The van der Waals surface area contributed by atoms with Gasteiger partial charge in [0.25, 0.3) is 5.91 Å². The highest BCUT2D eigenvalue weighted by Crippen LogP contribution is 2.36. The van der Waals surface area contributed by atoms with Crippen molar-refractivity contribution in [3.63, 3.8) is 0 Å². The van der Waals surface area contributed by atoms with Crippen LogP contribution < -0.4 is 20.3 Å². The van der Waals surface area contributed by atoms with Crippen LogP contribution in [0.2, 0.25) is 0 Å². The lowest BCUT2D eigenvalue weighted by Gasteiger charge is -2.41. The fourth-order valence-electron chi connectivity index (χ4n) is 3.90. The van der Waals surface area contributed by atoms with Crippen molar-refractivity contribution < 1.29 is 14.3 Å². The van der Waals surface area contributed by atoms with E-state index < -0.39 is 0 Å². The Labute approximate surface area is 172 Å². The first-order valence-corrected chi connectivity index (χ1v) is 10.2. The van der Waals surface area contributed by atoms with E-state index in [-0.39, 0.29) is 17.9 Å². The molecule has 28 heavy (non-hydrogen) atoms. The smallest absolute Gasteiger partial charge is 0.251 e. The van der Waals surface area contributed by atoms with Crippen molar-refractivity contribution in [2.24, 2.45) is 0 Å². The maximum absolute atomic E-state index is 12.7. The zero-order valence-electron chi connectivity index (χ0n) is 15.6. The molecule has 2 N–H and O–H groups in total. The third kappa shape index (κ3) is 3.58. The van der Waals surface area contributed by atoms with Gasteiger partial charge in [-0.1, -0.05) is 15.9 Å². The van der Waals surface area contributed by atoms with Crippen LogP contribution in [0.15, 0.2) is 40.9 Å². The van der Waals surface area contributed by atoms with Gasteiger partial charge < -0.3 is 20.3 Å². The van der Waals surface area contributed by atoms with Gasteiger partial charge in [0.2, 0.25) is 5.91 Å². The Hall–Kier alpha value is -2.54. The first kappa shape index (κ1) is 18.8. The average Bonchev–Trinajstić information content (AvgIpc) is 2.72. The number of nitrogens with zero attached hydrogens (tertiary/aromatic N) is 1. The number of carbonyl (C=O) groups excluding carboxylic acids is 2. The second-order valence-corrected chi connectivity index (χ2v) is 7.98. The minimum Gasteiger partial charge on any atom is -0.496 e. The monoisotopic (exact) mass is 443 g/mol. The van der Waals surface area contributed by atoms with Crippen molar-refractivity contribution >= 4 is 39.1 Å². The molecule has 0 spiro atoms. The summed E-state index contributed by atoms with van der Waals surface area (Å²) in [5.41, 5.74) is 3.10. The summed E-state index contributed by atoms with van der Waals surface area (Å²) in [6.07, 6.45) is 3.03. The third-order valence-corrected chi connectivity index (χ3v) is 5.81. The Bertz CT molecular complexity index is 931. The van der Waals surface area contributed by atoms with E-state index >= 15 is 0 Å². The lowest BCUT2D eigenvalue weighted by molar-refractivity contribution is -0.118. The van der Waals surface area contributed by atoms with Gasteiger partial charge in [-0.25, -0.2) is 0 Å². The summed E-state index contributed by atoms with van der Waals surface area (Å²) in [5, 5.41) is 5.89. The summed E-state index contributed by atoms with van der Waals surface area (Å²) in [4.78, 5) is 27.2. The molecule has 2 aromatic carbocycles. The molecule has 2 aliphatic rings. The molecule has 0 aromatic heterocycles. The minimum atomic E-state index is -0.195. The molecule has 2 heterocycles. The summed E-state index contributed by atoms with van der Waals surface area (Å²) in [6.45, 7) is 1.22. The van der Waals surface area contributed by atoms with E-state index in [0.29, 0.717) is 17.8 Å². The van der Waals surface area contributed by atoms with Crippen molar-refractivity contribution in [1.82, 2.24) is 5.32 Å². The van der Waals surface area contributed by atoms with Gasteiger partial charge in [-0.3, -0.25) is 9.59 Å². The van der Waals surface area contributed by atoms with Gasteiger partial charge in [-0.2, -0.15) is 0 Å². The number of hydrogen-bond acceptors (Lipinski definition) is 4. The molecule has 1 unspecified atom stereocenters. The molecule has 1 saturated heterocycles. The summed E-state index contributed by atoms with van der Waals surface area (Å²) >= 11 is 3.44. The highest BCUT2D eigenvalue weighted by Gasteiger charge is 2.34. The molecule has 0 bridgehead atoms. The SMILES string of the molecule is COc1ccc(Br)cc1CNC(=O)c1ccc2c(c1)NC(=O)C1CCCCN21. The summed E-state index contributed by atoms with van der Waals surface area (Å²) < 4.78 is 6.27. The Morgan fingerprint density at radius 1 is 1.29 bits per heavy atom. The van der Waals surface area contributed by atoms with E-state index in [1.54, 1.807) is 13.2 Å². The van der Waals surface area contributed by atoms with Crippen LogP contribution in [0.1, 0.15) is 35.2 Å². The highest BCUT2D eigenvalue weighted by molar-refractivity contribution is 9.10. The molecule has 7 heteroatoms. The molecule has 2 aliphatic heterocycles. The lowest BCUT2D eigenvalue weighted by atomic mass is 9.97. The van der Waals surface area contributed by atoms with Crippen LogP contribution in [0.4, 0.5) is 11.4 Å². The van der Waals surface area contributed by atoms with Gasteiger partial charge in [0.1, 0.15) is 11.8 Å². The Morgan fingerprint density at radius 2 is 2.14 bits per heavy atom. The topological polar surface area (TPSA) is 70.7 Å². The van der Waals surface area contributed by atoms with E-state index in [9.17, 15) is 9.59 Å². The molecule has 0 aliphatic carbocycles. The van der Waals surface area contributed by atoms with Crippen molar-refractivity contribution in [1.29, 1.82) is 0 Å². The van der Waals surface area contributed by atoms with E-state index in [0.717, 1.165) is 47.3 Å². The molecular weight excluding hydrogens is 422 g/mol. The summed E-state index contributed by atoms with van der Waals surface area (Å²) in [7, 11) is 1.61. The number of amides is 2. The van der Waals surface area contributed by atoms with Gasteiger partial charge in [-0.15, -0.1) is 0 Å². The minimum absolute atomic E-state index is 0.0173. The first-order valence-electron chi connectivity index (χ1n) is 9.39. The molecule has 0 radical (unpaired) electrons. The number of rotatable bonds is 4. The third-order valence-electron chi connectivity index (χ3n) is 5.31. The molecule has 4 rings (SSSR count). The average molecular weight is 444 g/mol. The number of methoxy groups -OCH3 is 1. The highest BCUT2D eigenvalue weighted by atomic mass is 79.9. The fourth-order valence-corrected chi connectivity index (χ4v) is 4.31. The Kier molecular flexibility index (Phi) is 5.26. The zero-order chi connectivity index (χ0) is 19.7. The predicted molar refractivity (Wildman–Crippen MR) is 112 cm³/mol. The van der Waals surface area contributed by atoms with Gasteiger partial charge >= 0.3 is 0 Å². The zero-order valence-corrected chi connectivity index (χ0v) is 17.2. The number of halogens is 1. The van der Waals surface area contributed by atoms with Crippen LogP contribution in [-0.2, 0) is 11.3 Å². The van der Waals surface area contributed by atoms with Crippen molar-refractivity contribution in [3.05, 3.63) is 52.0 Å². The second-order valence-electron chi connectivity index (χ2n) is 7.06. The molecule has 1 atom stereocenters. The van der Waals surface area contributed by atoms with Gasteiger partial charge in [0.15, 0.2) is 0 Å².